The van der Waals surface area contributed by atoms with Gasteiger partial charge in [-0.05, 0) is 5.90 Å². The van der Waals surface area contributed by atoms with Crippen LogP contribution in [0.5, 0.6) is 0 Å². The van der Waals surface area contributed by atoms with Crippen molar-refractivity contribution < 1.29 is 4.74 Å². The van der Waals surface area contributed by atoms with Gasteiger partial charge >= 0.3 is 0 Å². The summed E-state index contributed by atoms with van der Waals surface area (Å²) in [6.07, 6.45) is 1.27. The zero-order chi connectivity index (χ0) is 4.41. The molecule has 0 aromatic carbocycles. The van der Waals surface area contributed by atoms with E-state index in [9.17, 15) is 0 Å². The van der Waals surface area contributed by atoms with Crippen molar-refractivity contribution in [1.82, 2.24) is 0 Å². The Labute approximate surface area is 39.7 Å². The van der Waals surface area contributed by atoms with E-state index in [4.69, 9.17) is 4.74 Å². The minimum absolute atomic E-state index is 0.546. The molecule has 1 rings (SSSR count). The SMILES string of the molecule is BC1BCCO1. The molecule has 1 aliphatic rings. The minimum Gasteiger partial charge on any atom is -0.396 e. The lowest BCUT2D eigenvalue weighted by Gasteiger charge is -1.93. The van der Waals surface area contributed by atoms with Crippen LogP contribution in [-0.4, -0.2) is 27.6 Å². The van der Waals surface area contributed by atoms with Crippen LogP contribution in [0.3, 0.4) is 0 Å². The third-order valence-electron chi connectivity index (χ3n) is 1.16. The molecule has 0 N–H and O–H groups in total. The van der Waals surface area contributed by atoms with E-state index in [1.165, 1.54) is 13.6 Å². The van der Waals surface area contributed by atoms with Gasteiger partial charge in [0.25, 0.3) is 0 Å². The molecule has 1 atom stereocenters. The van der Waals surface area contributed by atoms with Crippen molar-refractivity contribution in [3.8, 4) is 0 Å². The fourth-order valence-corrected chi connectivity index (χ4v) is 0.739. The summed E-state index contributed by atoms with van der Waals surface area (Å²) in [6.45, 7) is 0.987. The van der Waals surface area contributed by atoms with Gasteiger partial charge in [0, 0.05) is 6.61 Å². The Hall–Kier alpha value is 0.0899. The van der Waals surface area contributed by atoms with Crippen LogP contribution >= 0.6 is 0 Å². The van der Waals surface area contributed by atoms with Gasteiger partial charge in [0.15, 0.2) is 0 Å². The number of hydrogen-bond donors (Lipinski definition) is 0. The molecule has 0 radical (unpaired) electrons. The molecule has 0 aliphatic carbocycles. The molecule has 0 aromatic rings. The molecule has 1 fully saturated rings. The summed E-state index contributed by atoms with van der Waals surface area (Å²) in [7, 11) is 3.38. The monoisotopic (exact) mass is 82.1 g/mol. The molecule has 1 unspecified atom stereocenters. The molecule has 0 saturated carbocycles. The van der Waals surface area contributed by atoms with Crippen molar-refractivity contribution in [3.63, 3.8) is 0 Å². The Kier molecular flexibility index (Phi) is 1.20. The van der Waals surface area contributed by atoms with E-state index >= 15 is 0 Å². The summed E-state index contributed by atoms with van der Waals surface area (Å²) < 4.78 is 5.15. The predicted octanol–water partition coefficient (Wildman–Crippen LogP) is -1.21. The Bertz CT molecular complexity index is 42.1. The molecule has 0 amide bonds. The van der Waals surface area contributed by atoms with Crippen molar-refractivity contribution >= 4 is 15.1 Å². The lowest BCUT2D eigenvalue weighted by Crippen LogP contribution is -2.09. The van der Waals surface area contributed by atoms with Crippen LogP contribution in [0.4, 0.5) is 0 Å². The zero-order valence-electron chi connectivity index (χ0n) is 4.11. The van der Waals surface area contributed by atoms with E-state index in [1.54, 1.807) is 0 Å². The van der Waals surface area contributed by atoms with Gasteiger partial charge in [-0.2, -0.15) is 0 Å². The summed E-state index contributed by atoms with van der Waals surface area (Å²) in [6, 6.07) is 0. The first-order valence-corrected chi connectivity index (χ1v) is 2.51. The van der Waals surface area contributed by atoms with Crippen LogP contribution in [0.25, 0.3) is 0 Å². The molecule has 0 aromatic heterocycles. The molecule has 0 spiro atoms. The highest BCUT2D eigenvalue weighted by Crippen LogP contribution is 1.97. The van der Waals surface area contributed by atoms with Crippen LogP contribution in [0.2, 0.25) is 6.32 Å². The summed E-state index contributed by atoms with van der Waals surface area (Å²) in [4.78, 5) is 0. The first-order valence-electron chi connectivity index (χ1n) is 2.51. The largest absolute Gasteiger partial charge is 0.396 e. The normalized spacial score (nSPS) is 33.0. The smallest absolute Gasteiger partial charge is 0.148 e. The highest BCUT2D eigenvalue weighted by atomic mass is 16.5. The highest BCUT2D eigenvalue weighted by Gasteiger charge is 2.09. The van der Waals surface area contributed by atoms with Crippen molar-refractivity contribution in [2.75, 3.05) is 6.61 Å². The van der Waals surface area contributed by atoms with E-state index < -0.39 is 0 Å². The highest BCUT2D eigenvalue weighted by molar-refractivity contribution is 6.50. The van der Waals surface area contributed by atoms with Gasteiger partial charge < -0.3 is 4.74 Å². The van der Waals surface area contributed by atoms with Crippen molar-refractivity contribution in [2.45, 2.75) is 12.2 Å². The van der Waals surface area contributed by atoms with Gasteiger partial charge in [0.1, 0.15) is 15.1 Å². The number of ether oxygens (including phenoxy) is 1. The lowest BCUT2D eigenvalue weighted by atomic mass is 9.62. The Morgan fingerprint density at radius 3 is 2.83 bits per heavy atom. The third-order valence-corrected chi connectivity index (χ3v) is 1.16. The molecule has 3 heteroatoms. The number of hydrogen-bond acceptors (Lipinski definition) is 1. The van der Waals surface area contributed by atoms with Gasteiger partial charge in [0.05, 0.1) is 0 Å². The van der Waals surface area contributed by atoms with Crippen LogP contribution in [0.15, 0.2) is 0 Å². The zero-order valence-corrected chi connectivity index (χ0v) is 4.11. The third kappa shape index (κ3) is 0.777. The maximum atomic E-state index is 5.15. The first-order chi connectivity index (χ1) is 2.89. The summed E-state index contributed by atoms with van der Waals surface area (Å²) in [5.41, 5.74) is 0. The summed E-state index contributed by atoms with van der Waals surface area (Å²) in [5.74, 6) is 0.546. The molecule has 6 heavy (non-hydrogen) atoms. The van der Waals surface area contributed by atoms with Gasteiger partial charge in [-0.25, -0.2) is 0 Å². The average Bonchev–Trinajstić information content (AvgIpc) is 1.86. The fraction of sp³-hybridized carbons (Fsp3) is 1.00. The van der Waals surface area contributed by atoms with Crippen LogP contribution in [0, 0.1) is 0 Å². The maximum Gasteiger partial charge on any atom is 0.148 e. The van der Waals surface area contributed by atoms with E-state index in [1.807, 2.05) is 0 Å². The van der Waals surface area contributed by atoms with Crippen LogP contribution < -0.4 is 0 Å². The van der Waals surface area contributed by atoms with Gasteiger partial charge in [-0.1, -0.05) is 6.32 Å². The molecule has 1 aliphatic heterocycles. The van der Waals surface area contributed by atoms with Crippen LogP contribution in [-0.2, 0) is 4.74 Å². The maximum absolute atomic E-state index is 5.15. The number of rotatable bonds is 0. The van der Waals surface area contributed by atoms with Crippen molar-refractivity contribution in [1.29, 1.82) is 0 Å². The van der Waals surface area contributed by atoms with Gasteiger partial charge in [-0.3, -0.25) is 0 Å². The van der Waals surface area contributed by atoms with E-state index in [2.05, 4.69) is 7.85 Å². The van der Waals surface area contributed by atoms with Crippen molar-refractivity contribution in [3.05, 3.63) is 0 Å². The second kappa shape index (κ2) is 1.69. The molecular formula is C3H8B2O. The van der Waals surface area contributed by atoms with Gasteiger partial charge in [-0.15, -0.1) is 0 Å². The molecule has 1 nitrogen and oxygen atoms in total. The summed E-state index contributed by atoms with van der Waals surface area (Å²) >= 11 is 0. The average molecular weight is 81.7 g/mol. The molecular weight excluding hydrogens is 73.7 g/mol. The predicted molar refractivity (Wildman–Crippen MR) is 30.2 cm³/mol. The molecule has 1 saturated heterocycles. The first kappa shape index (κ1) is 4.25. The van der Waals surface area contributed by atoms with E-state index in [-0.39, 0.29) is 0 Å². The Balaban J connectivity index is 2.18. The minimum atomic E-state index is 0.546. The van der Waals surface area contributed by atoms with E-state index in [0.29, 0.717) is 5.90 Å². The van der Waals surface area contributed by atoms with Crippen molar-refractivity contribution in [2.24, 2.45) is 0 Å². The Morgan fingerprint density at radius 1 is 1.83 bits per heavy atom. The molecule has 1 heterocycles. The van der Waals surface area contributed by atoms with Gasteiger partial charge in [0.2, 0.25) is 0 Å². The Morgan fingerprint density at radius 2 is 2.67 bits per heavy atom. The van der Waals surface area contributed by atoms with E-state index in [0.717, 1.165) is 6.61 Å². The molecule has 0 bridgehead atoms. The topological polar surface area (TPSA) is 9.23 Å². The van der Waals surface area contributed by atoms with Crippen LogP contribution in [0.1, 0.15) is 0 Å². The lowest BCUT2D eigenvalue weighted by molar-refractivity contribution is 0.188. The standard InChI is InChI=1S/C3H8B2O/c4-3-5-1-2-6-3/h3,5H,1-2,4H2. The quantitative estimate of drug-likeness (QED) is 0.333. The summed E-state index contributed by atoms with van der Waals surface area (Å²) in [5, 5.41) is 0. The molecule has 32 valence electrons. The second-order valence-corrected chi connectivity index (χ2v) is 1.82. The second-order valence-electron chi connectivity index (χ2n) is 1.82. The fourth-order valence-electron chi connectivity index (χ4n) is 0.739.